The molecule has 0 aliphatic carbocycles. The summed E-state index contributed by atoms with van der Waals surface area (Å²) in [5.74, 6) is 0.189. The molecule has 1 aromatic carbocycles. The topological polar surface area (TPSA) is 121 Å². The van der Waals surface area contributed by atoms with Gasteiger partial charge in [-0.2, -0.15) is 0 Å². The van der Waals surface area contributed by atoms with Gasteiger partial charge in [0.1, 0.15) is 0 Å². The molecule has 0 atom stereocenters. The van der Waals surface area contributed by atoms with E-state index in [1.165, 1.54) is 12.3 Å². The van der Waals surface area contributed by atoms with E-state index in [4.69, 9.17) is 5.11 Å². The molecule has 0 radical (unpaired) electrons. The zero-order valence-corrected chi connectivity index (χ0v) is 16.6. The van der Waals surface area contributed by atoms with Gasteiger partial charge < -0.3 is 15.7 Å². The van der Waals surface area contributed by atoms with Gasteiger partial charge in [-0.05, 0) is 46.5 Å². The lowest BCUT2D eigenvalue weighted by molar-refractivity contribution is -0.384. The number of nitrogens with zero attached hydrogens (tertiary/aromatic N) is 3. The lowest BCUT2D eigenvalue weighted by Gasteiger charge is -2.31. The van der Waals surface area contributed by atoms with E-state index in [0.29, 0.717) is 10.2 Å². The van der Waals surface area contributed by atoms with Crippen molar-refractivity contribution in [2.24, 2.45) is 0 Å². The van der Waals surface area contributed by atoms with Crippen LogP contribution in [-0.2, 0) is 6.54 Å². The fourth-order valence-corrected chi connectivity index (χ4v) is 3.48. The summed E-state index contributed by atoms with van der Waals surface area (Å²) in [5.41, 5.74) is 1.73. The van der Waals surface area contributed by atoms with E-state index in [1.54, 1.807) is 0 Å². The Kier molecular flexibility index (Phi) is 6.42. The highest BCUT2D eigenvalue weighted by atomic mass is 79.9. The first-order chi connectivity index (χ1) is 13.4. The lowest BCUT2D eigenvalue weighted by Crippen LogP contribution is -2.43. The fraction of sp³-hybridized carbons (Fsp3) is 0.333. The van der Waals surface area contributed by atoms with Crippen molar-refractivity contribution >= 4 is 39.2 Å². The number of carboxylic acid groups (broad SMARTS) is 1. The van der Waals surface area contributed by atoms with Gasteiger partial charge in [-0.1, -0.05) is 12.1 Å². The number of piperidine rings is 1. The summed E-state index contributed by atoms with van der Waals surface area (Å²) in [5, 5.41) is 25.5. The molecule has 3 N–H and O–H groups in total. The Morgan fingerprint density at radius 1 is 1.32 bits per heavy atom. The number of hydrogen-bond donors (Lipinski definition) is 3. The fourth-order valence-electron chi connectivity index (χ4n) is 3.16. The molecule has 3 rings (SSSR count). The van der Waals surface area contributed by atoms with Crippen LogP contribution in [0.5, 0.6) is 0 Å². The van der Waals surface area contributed by atoms with Gasteiger partial charge in [0.05, 0.1) is 4.92 Å². The number of pyridine rings is 1. The number of likely N-dealkylation sites (tertiary alicyclic amines) is 1. The third kappa shape index (κ3) is 5.40. The summed E-state index contributed by atoms with van der Waals surface area (Å²) in [4.78, 5) is 27.8. The van der Waals surface area contributed by atoms with E-state index in [2.05, 4.69) is 36.4 Å². The largest absolute Gasteiger partial charge is 0.465 e. The van der Waals surface area contributed by atoms with Crippen molar-refractivity contribution in [2.45, 2.75) is 25.4 Å². The van der Waals surface area contributed by atoms with Gasteiger partial charge in [-0.25, -0.2) is 9.78 Å². The lowest BCUT2D eigenvalue weighted by atomic mass is 10.0. The molecule has 1 aliphatic rings. The minimum atomic E-state index is -0.970. The maximum atomic E-state index is 11.2. The SMILES string of the molecule is O=C(O)NC1CCN(Cc2ccc(Nc3ncc(Br)cc3[N+](=O)[O-])cc2)CC1. The summed E-state index contributed by atoms with van der Waals surface area (Å²) in [7, 11) is 0. The molecule has 0 spiro atoms. The Labute approximate surface area is 170 Å². The summed E-state index contributed by atoms with van der Waals surface area (Å²) in [6.45, 7) is 2.44. The molecule has 1 fully saturated rings. The zero-order valence-electron chi connectivity index (χ0n) is 15.0. The van der Waals surface area contributed by atoms with Gasteiger partial charge >= 0.3 is 11.8 Å². The second kappa shape index (κ2) is 8.98. The molecule has 9 nitrogen and oxygen atoms in total. The van der Waals surface area contributed by atoms with Crippen LogP contribution in [0.25, 0.3) is 0 Å². The predicted octanol–water partition coefficient (Wildman–Crippen LogP) is 3.73. The number of nitro groups is 1. The van der Waals surface area contributed by atoms with Crippen LogP contribution in [0, 0.1) is 10.1 Å². The van der Waals surface area contributed by atoms with E-state index >= 15 is 0 Å². The Morgan fingerprint density at radius 3 is 2.61 bits per heavy atom. The van der Waals surface area contributed by atoms with Gasteiger partial charge in [0.2, 0.25) is 5.82 Å². The molecular formula is C18H20BrN5O4. The van der Waals surface area contributed by atoms with Crippen LogP contribution in [0.3, 0.4) is 0 Å². The second-order valence-electron chi connectivity index (χ2n) is 6.60. The Balaban J connectivity index is 1.58. The first-order valence-corrected chi connectivity index (χ1v) is 9.58. The predicted molar refractivity (Wildman–Crippen MR) is 108 cm³/mol. The highest BCUT2D eigenvalue weighted by Gasteiger charge is 2.20. The van der Waals surface area contributed by atoms with Gasteiger partial charge in [-0.3, -0.25) is 15.0 Å². The van der Waals surface area contributed by atoms with Crippen LogP contribution in [-0.4, -0.2) is 45.1 Å². The van der Waals surface area contributed by atoms with Gasteiger partial charge in [0.25, 0.3) is 0 Å². The number of amides is 1. The normalized spacial score (nSPS) is 15.2. The molecule has 148 valence electrons. The minimum absolute atomic E-state index is 0.0227. The Hall–Kier alpha value is -2.72. The van der Waals surface area contributed by atoms with Crippen LogP contribution >= 0.6 is 15.9 Å². The molecule has 0 bridgehead atoms. The molecular weight excluding hydrogens is 430 g/mol. The average molecular weight is 450 g/mol. The van der Waals surface area contributed by atoms with Crippen LogP contribution in [0.15, 0.2) is 41.0 Å². The Morgan fingerprint density at radius 2 is 2.00 bits per heavy atom. The van der Waals surface area contributed by atoms with Crippen molar-refractivity contribution < 1.29 is 14.8 Å². The molecule has 1 saturated heterocycles. The molecule has 0 saturated carbocycles. The first kappa shape index (κ1) is 20.0. The molecule has 2 heterocycles. The summed E-state index contributed by atoms with van der Waals surface area (Å²) >= 11 is 3.19. The number of aromatic nitrogens is 1. The molecule has 1 aliphatic heterocycles. The van der Waals surface area contributed by atoms with E-state index in [-0.39, 0.29) is 17.5 Å². The molecule has 1 aromatic heterocycles. The van der Waals surface area contributed by atoms with Gasteiger partial charge in [-0.15, -0.1) is 0 Å². The third-order valence-corrected chi connectivity index (χ3v) is 5.00. The number of benzene rings is 1. The van der Waals surface area contributed by atoms with Crippen LogP contribution < -0.4 is 10.6 Å². The van der Waals surface area contributed by atoms with Crippen molar-refractivity contribution in [3.05, 3.63) is 56.7 Å². The van der Waals surface area contributed by atoms with Crippen LogP contribution in [0.2, 0.25) is 0 Å². The van der Waals surface area contributed by atoms with E-state index < -0.39 is 11.0 Å². The quantitative estimate of drug-likeness (QED) is 0.453. The highest BCUT2D eigenvalue weighted by molar-refractivity contribution is 9.10. The number of carbonyl (C=O) groups is 1. The number of rotatable bonds is 6. The summed E-state index contributed by atoms with van der Waals surface area (Å²) in [6.07, 6.45) is 2.13. The average Bonchev–Trinajstić information content (AvgIpc) is 2.66. The number of anilines is 2. The molecule has 2 aromatic rings. The van der Waals surface area contributed by atoms with Crippen LogP contribution in [0.1, 0.15) is 18.4 Å². The van der Waals surface area contributed by atoms with Gasteiger partial charge in [0, 0.05) is 48.1 Å². The number of hydrogen-bond acceptors (Lipinski definition) is 6. The highest BCUT2D eigenvalue weighted by Crippen LogP contribution is 2.28. The number of nitrogens with one attached hydrogen (secondary N) is 2. The maximum Gasteiger partial charge on any atom is 0.404 e. The Bertz CT molecular complexity index is 854. The molecule has 10 heteroatoms. The first-order valence-electron chi connectivity index (χ1n) is 8.78. The monoisotopic (exact) mass is 449 g/mol. The van der Waals surface area contributed by atoms with Crippen molar-refractivity contribution in [1.29, 1.82) is 0 Å². The maximum absolute atomic E-state index is 11.2. The second-order valence-corrected chi connectivity index (χ2v) is 7.52. The smallest absolute Gasteiger partial charge is 0.404 e. The van der Waals surface area contributed by atoms with Crippen LogP contribution in [0.4, 0.5) is 22.0 Å². The molecule has 0 unspecified atom stereocenters. The summed E-state index contributed by atoms with van der Waals surface area (Å²) < 4.78 is 0.544. The standard InChI is InChI=1S/C18H20BrN5O4/c19-13-9-16(24(27)28)17(20-10-13)21-14-3-1-12(2-4-14)11-23-7-5-15(6-8-23)22-18(25)26/h1-4,9-10,15,22H,5-8,11H2,(H,20,21)(H,25,26). The summed E-state index contributed by atoms with van der Waals surface area (Å²) in [6, 6.07) is 9.09. The van der Waals surface area contributed by atoms with Crippen molar-refractivity contribution in [2.75, 3.05) is 18.4 Å². The van der Waals surface area contributed by atoms with Crippen molar-refractivity contribution in [3.63, 3.8) is 0 Å². The third-order valence-electron chi connectivity index (χ3n) is 4.57. The van der Waals surface area contributed by atoms with Gasteiger partial charge in [0.15, 0.2) is 0 Å². The van der Waals surface area contributed by atoms with E-state index in [1.807, 2.05) is 24.3 Å². The van der Waals surface area contributed by atoms with Crippen molar-refractivity contribution in [1.82, 2.24) is 15.2 Å². The molecule has 1 amide bonds. The van der Waals surface area contributed by atoms with E-state index in [9.17, 15) is 14.9 Å². The van der Waals surface area contributed by atoms with E-state index in [0.717, 1.165) is 38.0 Å². The molecule has 28 heavy (non-hydrogen) atoms. The minimum Gasteiger partial charge on any atom is -0.465 e. The number of halogens is 1. The zero-order chi connectivity index (χ0) is 20.1. The van der Waals surface area contributed by atoms with Crippen molar-refractivity contribution in [3.8, 4) is 0 Å².